The molecule has 4 rings (SSSR count). The average Bonchev–Trinajstić information content (AvgIpc) is 3.09. The molecule has 10 heteroatoms. The number of hydrogen-bond acceptors (Lipinski definition) is 6. The van der Waals surface area contributed by atoms with E-state index >= 15 is 0 Å². The molecule has 0 spiro atoms. The molecule has 1 saturated heterocycles. The van der Waals surface area contributed by atoms with E-state index in [1.54, 1.807) is 35.3 Å². The van der Waals surface area contributed by atoms with E-state index < -0.39 is 26.7 Å². The van der Waals surface area contributed by atoms with Crippen molar-refractivity contribution in [2.45, 2.75) is 41.0 Å². The van der Waals surface area contributed by atoms with Gasteiger partial charge in [-0.2, -0.15) is 10.4 Å². The minimum absolute atomic E-state index is 0.0358. The summed E-state index contributed by atoms with van der Waals surface area (Å²) in [6, 6.07) is 7.87. The molecule has 0 bridgehead atoms. The maximum absolute atomic E-state index is 13.0. The summed E-state index contributed by atoms with van der Waals surface area (Å²) < 4.78 is 27.7. The summed E-state index contributed by atoms with van der Waals surface area (Å²) >= 11 is 6.27. The molecular weight excluding hydrogens is 402 g/mol. The number of nitriles is 1. The Morgan fingerprint density at radius 1 is 1.43 bits per heavy atom. The number of carbonyl (C=O) groups excluding carboxylic acids is 1. The maximum atomic E-state index is 13.0. The van der Waals surface area contributed by atoms with E-state index in [4.69, 9.17) is 16.9 Å². The van der Waals surface area contributed by atoms with Gasteiger partial charge in [-0.15, -0.1) is 0 Å². The second-order valence-electron chi connectivity index (χ2n) is 7.11. The number of halogens is 1. The Balaban J connectivity index is 1.50. The van der Waals surface area contributed by atoms with Crippen LogP contribution in [0.15, 0.2) is 41.6 Å². The number of amides is 1. The molecule has 2 aliphatic rings. The summed E-state index contributed by atoms with van der Waals surface area (Å²) in [6.45, 7) is 0.150. The van der Waals surface area contributed by atoms with E-state index in [0.29, 0.717) is 18.5 Å². The number of sulfone groups is 1. The van der Waals surface area contributed by atoms with Gasteiger partial charge in [0.15, 0.2) is 9.84 Å². The van der Waals surface area contributed by atoms with Gasteiger partial charge in [0.25, 0.3) is 0 Å². The van der Waals surface area contributed by atoms with Gasteiger partial charge in [0.1, 0.15) is 5.54 Å². The molecular formula is C18H18ClN5O3S. The second kappa shape index (κ2) is 6.88. The van der Waals surface area contributed by atoms with Crippen LogP contribution in [-0.2, 0) is 14.6 Å². The van der Waals surface area contributed by atoms with Gasteiger partial charge in [0.2, 0.25) is 5.91 Å². The third kappa shape index (κ3) is 3.39. The van der Waals surface area contributed by atoms with Crippen molar-refractivity contribution in [3.8, 4) is 11.8 Å². The molecule has 0 unspecified atom stereocenters. The lowest BCUT2D eigenvalue weighted by atomic mass is 10.2. The first-order valence-corrected chi connectivity index (χ1v) is 10.8. The summed E-state index contributed by atoms with van der Waals surface area (Å²) in [7, 11) is -3.72. The van der Waals surface area contributed by atoms with Crippen LogP contribution in [0.5, 0.6) is 0 Å². The maximum Gasteiger partial charge on any atom is 0.238 e. The van der Waals surface area contributed by atoms with E-state index in [0.717, 1.165) is 0 Å². The number of benzene rings is 1. The molecule has 1 saturated carbocycles. The highest BCUT2D eigenvalue weighted by Crippen LogP contribution is 2.35. The Bertz CT molecular complexity index is 1060. The van der Waals surface area contributed by atoms with Crippen molar-refractivity contribution in [3.05, 3.63) is 41.7 Å². The van der Waals surface area contributed by atoms with Crippen LogP contribution in [0.4, 0.5) is 0 Å². The minimum atomic E-state index is -3.72. The fourth-order valence-corrected chi connectivity index (χ4v) is 5.52. The van der Waals surface area contributed by atoms with E-state index in [1.807, 2.05) is 0 Å². The van der Waals surface area contributed by atoms with Crippen molar-refractivity contribution in [3.63, 3.8) is 0 Å². The van der Waals surface area contributed by atoms with Crippen molar-refractivity contribution in [2.24, 2.45) is 0 Å². The highest BCUT2D eigenvalue weighted by Gasteiger charge is 2.47. The summed E-state index contributed by atoms with van der Waals surface area (Å²) in [4.78, 5) is 12.4. The predicted molar refractivity (Wildman–Crippen MR) is 102 cm³/mol. The average molecular weight is 420 g/mol. The van der Waals surface area contributed by atoms with E-state index in [-0.39, 0.29) is 28.8 Å². The Labute approximate surface area is 167 Å². The van der Waals surface area contributed by atoms with Crippen LogP contribution in [0, 0.1) is 11.3 Å². The van der Waals surface area contributed by atoms with Crippen LogP contribution in [0.25, 0.3) is 5.69 Å². The van der Waals surface area contributed by atoms with E-state index in [9.17, 15) is 13.2 Å². The van der Waals surface area contributed by atoms with Crippen molar-refractivity contribution in [2.75, 3.05) is 6.54 Å². The topological polar surface area (TPSA) is 117 Å². The molecule has 1 aromatic heterocycles. The van der Waals surface area contributed by atoms with Crippen LogP contribution in [-0.4, -0.2) is 47.5 Å². The molecule has 28 heavy (non-hydrogen) atoms. The normalized spacial score (nSPS) is 23.1. The zero-order valence-corrected chi connectivity index (χ0v) is 16.4. The molecule has 1 aromatic carbocycles. The molecule has 2 aromatic rings. The Kier molecular flexibility index (Phi) is 4.65. The van der Waals surface area contributed by atoms with Gasteiger partial charge in [-0.25, -0.2) is 13.1 Å². The zero-order valence-electron chi connectivity index (χ0n) is 14.8. The zero-order chi connectivity index (χ0) is 19.9. The Morgan fingerprint density at radius 2 is 2.21 bits per heavy atom. The highest BCUT2D eigenvalue weighted by molar-refractivity contribution is 7.92. The second-order valence-corrected chi connectivity index (χ2v) is 9.72. The van der Waals surface area contributed by atoms with Gasteiger partial charge < -0.3 is 10.6 Å². The smallest absolute Gasteiger partial charge is 0.238 e. The van der Waals surface area contributed by atoms with Gasteiger partial charge in [0, 0.05) is 18.9 Å². The first-order chi connectivity index (χ1) is 13.3. The molecule has 2 atom stereocenters. The van der Waals surface area contributed by atoms with Crippen LogP contribution in [0.2, 0.25) is 5.02 Å². The molecule has 2 heterocycles. The lowest BCUT2D eigenvalue weighted by Crippen LogP contribution is -2.45. The molecule has 2 N–H and O–H groups in total. The fraction of sp³-hybridized carbons (Fsp3) is 0.389. The summed E-state index contributed by atoms with van der Waals surface area (Å²) in [5.41, 5.74) is -0.122. The van der Waals surface area contributed by atoms with Crippen molar-refractivity contribution in [1.29, 1.82) is 5.26 Å². The Hall–Kier alpha value is -2.41. The van der Waals surface area contributed by atoms with Crippen LogP contribution >= 0.6 is 11.6 Å². The van der Waals surface area contributed by atoms with Crippen molar-refractivity contribution in [1.82, 2.24) is 20.4 Å². The van der Waals surface area contributed by atoms with E-state index in [2.05, 4.69) is 21.8 Å². The summed E-state index contributed by atoms with van der Waals surface area (Å²) in [5.74, 6) is -0.336. The predicted octanol–water partition coefficient (Wildman–Crippen LogP) is 1.20. The van der Waals surface area contributed by atoms with Crippen LogP contribution in [0.1, 0.15) is 19.3 Å². The number of aromatic nitrogens is 2. The summed E-state index contributed by atoms with van der Waals surface area (Å²) in [6.07, 6.45) is 4.74. The first kappa shape index (κ1) is 18.9. The van der Waals surface area contributed by atoms with Gasteiger partial charge in [0.05, 0.1) is 33.0 Å². The third-order valence-corrected chi connectivity index (χ3v) is 7.79. The Morgan fingerprint density at radius 3 is 2.82 bits per heavy atom. The molecule has 1 aliphatic carbocycles. The number of nitrogens with zero attached hydrogens (tertiary/aromatic N) is 3. The van der Waals surface area contributed by atoms with Gasteiger partial charge in [-0.3, -0.25) is 4.79 Å². The SMILES string of the molecule is N#CC1(NC(=O)[C@@H]2C[C@@H](S(=O)(=O)c3ccc(-n4cccn4)cc3Cl)CN2)CC1. The van der Waals surface area contributed by atoms with Gasteiger partial charge >= 0.3 is 0 Å². The highest BCUT2D eigenvalue weighted by atomic mass is 35.5. The molecule has 1 amide bonds. The number of rotatable bonds is 5. The molecule has 146 valence electrons. The van der Waals surface area contributed by atoms with Crippen LogP contribution < -0.4 is 10.6 Å². The quantitative estimate of drug-likeness (QED) is 0.752. The molecule has 1 aliphatic heterocycles. The van der Waals surface area contributed by atoms with Crippen LogP contribution in [0.3, 0.4) is 0 Å². The monoisotopic (exact) mass is 419 g/mol. The molecule has 0 radical (unpaired) electrons. The standard InChI is InChI=1S/C18H18ClN5O3S/c19-14-8-12(24-7-1-6-22-24)2-3-16(14)28(26,27)13-9-15(21-10-13)17(25)23-18(11-20)4-5-18/h1-3,6-8,13,15,21H,4-5,9-10H2,(H,23,25)/t13-,15+/m1/s1. The number of carbonyl (C=O) groups is 1. The number of nitrogens with one attached hydrogen (secondary N) is 2. The lowest BCUT2D eigenvalue weighted by molar-refractivity contribution is -0.123. The summed E-state index contributed by atoms with van der Waals surface area (Å²) in [5, 5.41) is 18.2. The third-order valence-electron chi connectivity index (χ3n) is 5.16. The fourth-order valence-electron chi connectivity index (χ4n) is 3.32. The molecule has 8 nitrogen and oxygen atoms in total. The number of hydrogen-bond donors (Lipinski definition) is 2. The van der Waals surface area contributed by atoms with E-state index in [1.165, 1.54) is 6.07 Å². The lowest BCUT2D eigenvalue weighted by Gasteiger charge is -2.15. The van der Waals surface area contributed by atoms with Crippen molar-refractivity contribution >= 4 is 27.3 Å². The van der Waals surface area contributed by atoms with Crippen molar-refractivity contribution < 1.29 is 13.2 Å². The van der Waals surface area contributed by atoms with Gasteiger partial charge in [-0.1, -0.05) is 11.6 Å². The molecule has 2 fully saturated rings. The van der Waals surface area contributed by atoms with Gasteiger partial charge in [-0.05, 0) is 43.5 Å². The minimum Gasteiger partial charge on any atom is -0.336 e. The largest absolute Gasteiger partial charge is 0.336 e. The first-order valence-electron chi connectivity index (χ1n) is 8.85.